The van der Waals surface area contributed by atoms with Crippen LogP contribution in [0.25, 0.3) is 0 Å². The lowest BCUT2D eigenvalue weighted by atomic mass is 9.79. The molecule has 2 aromatic carbocycles. The predicted molar refractivity (Wildman–Crippen MR) is 112 cm³/mol. The molecule has 7 heteroatoms. The smallest absolute Gasteiger partial charge is 0.423 e. The van der Waals surface area contributed by atoms with E-state index in [4.69, 9.17) is 4.65 Å². The Morgan fingerprint density at radius 1 is 1.21 bits per heavy atom. The van der Waals surface area contributed by atoms with Crippen molar-refractivity contribution in [2.45, 2.75) is 32.9 Å². The lowest BCUT2D eigenvalue weighted by Gasteiger charge is -2.20. The Labute approximate surface area is 165 Å². The Balaban J connectivity index is 1.54. The minimum Gasteiger partial charge on any atom is -0.423 e. The van der Waals surface area contributed by atoms with Gasteiger partial charge in [0, 0.05) is 17.4 Å². The SMILES string of the molecule is CCC(Nc1nc(Nc2ccc3c(c2)COB3O)ncc1C)c1ccccc1. The van der Waals surface area contributed by atoms with Gasteiger partial charge in [-0.2, -0.15) is 4.98 Å². The standard InChI is InChI=1S/C21H23BN4O2/c1-3-19(15-7-5-4-6-8-15)25-20-14(2)12-23-21(26-20)24-17-9-10-18-16(11-17)13-28-22(18)27/h4-12,19,27H,3,13H2,1-2H3,(H2,23,24,25,26). The Hall–Kier alpha value is -2.90. The highest BCUT2D eigenvalue weighted by Crippen LogP contribution is 2.25. The first-order valence-electron chi connectivity index (χ1n) is 9.48. The van der Waals surface area contributed by atoms with Gasteiger partial charge in [0.25, 0.3) is 0 Å². The van der Waals surface area contributed by atoms with Crippen molar-refractivity contribution < 1.29 is 9.68 Å². The molecule has 0 bridgehead atoms. The van der Waals surface area contributed by atoms with E-state index in [9.17, 15) is 5.02 Å². The summed E-state index contributed by atoms with van der Waals surface area (Å²) in [5.74, 6) is 1.34. The van der Waals surface area contributed by atoms with Gasteiger partial charge in [-0.1, -0.05) is 43.3 Å². The molecule has 1 atom stereocenters. The van der Waals surface area contributed by atoms with Crippen LogP contribution in [0.5, 0.6) is 0 Å². The second kappa shape index (κ2) is 8.00. The van der Waals surface area contributed by atoms with Gasteiger partial charge in [-0.3, -0.25) is 0 Å². The molecule has 1 aromatic heterocycles. The first-order valence-corrected chi connectivity index (χ1v) is 9.48. The van der Waals surface area contributed by atoms with Crippen molar-refractivity contribution in [2.24, 2.45) is 0 Å². The van der Waals surface area contributed by atoms with Crippen LogP contribution in [-0.2, 0) is 11.3 Å². The van der Waals surface area contributed by atoms with Gasteiger partial charge in [0.05, 0.1) is 12.6 Å². The molecule has 0 saturated carbocycles. The number of hydrogen-bond donors (Lipinski definition) is 3. The van der Waals surface area contributed by atoms with E-state index in [0.717, 1.165) is 34.5 Å². The van der Waals surface area contributed by atoms with Crippen LogP contribution < -0.4 is 16.1 Å². The van der Waals surface area contributed by atoms with E-state index in [1.54, 1.807) is 0 Å². The highest BCUT2D eigenvalue weighted by molar-refractivity contribution is 6.61. The molecule has 3 aromatic rings. The lowest BCUT2D eigenvalue weighted by molar-refractivity contribution is 0.275. The van der Waals surface area contributed by atoms with Crippen molar-refractivity contribution in [3.05, 3.63) is 71.4 Å². The third-order valence-corrected chi connectivity index (χ3v) is 4.95. The summed E-state index contributed by atoms with van der Waals surface area (Å²) in [7, 11) is -0.834. The van der Waals surface area contributed by atoms with Crippen LogP contribution in [0.15, 0.2) is 54.7 Å². The highest BCUT2D eigenvalue weighted by Gasteiger charge is 2.27. The molecule has 0 amide bonds. The van der Waals surface area contributed by atoms with Crippen molar-refractivity contribution >= 4 is 30.0 Å². The number of benzene rings is 2. The average molecular weight is 374 g/mol. The summed E-state index contributed by atoms with van der Waals surface area (Å²) < 4.78 is 5.25. The van der Waals surface area contributed by atoms with Crippen molar-refractivity contribution in [3.63, 3.8) is 0 Å². The van der Waals surface area contributed by atoms with Gasteiger partial charge < -0.3 is 20.3 Å². The largest absolute Gasteiger partial charge is 0.491 e. The molecule has 1 aliphatic heterocycles. The first kappa shape index (κ1) is 18.5. The molecule has 0 spiro atoms. The van der Waals surface area contributed by atoms with Crippen molar-refractivity contribution in [1.82, 2.24) is 9.97 Å². The van der Waals surface area contributed by atoms with E-state index in [2.05, 4.69) is 39.7 Å². The van der Waals surface area contributed by atoms with E-state index in [0.29, 0.717) is 12.6 Å². The maximum atomic E-state index is 9.75. The first-order chi connectivity index (χ1) is 13.6. The van der Waals surface area contributed by atoms with E-state index in [1.807, 2.05) is 49.5 Å². The number of nitrogens with one attached hydrogen (secondary N) is 2. The van der Waals surface area contributed by atoms with Crippen LogP contribution in [-0.4, -0.2) is 22.1 Å². The molecule has 2 heterocycles. The second-order valence-electron chi connectivity index (χ2n) is 6.94. The van der Waals surface area contributed by atoms with Gasteiger partial charge in [0.15, 0.2) is 0 Å². The van der Waals surface area contributed by atoms with Crippen LogP contribution in [0, 0.1) is 6.92 Å². The number of rotatable bonds is 6. The van der Waals surface area contributed by atoms with Gasteiger partial charge in [0.2, 0.25) is 5.95 Å². The summed E-state index contributed by atoms with van der Waals surface area (Å²) in [4.78, 5) is 9.08. The summed E-state index contributed by atoms with van der Waals surface area (Å²) in [5.41, 5.74) is 4.87. The maximum Gasteiger partial charge on any atom is 0.491 e. The summed E-state index contributed by atoms with van der Waals surface area (Å²) in [5, 5.41) is 16.5. The molecular weight excluding hydrogens is 351 g/mol. The molecule has 0 saturated heterocycles. The Bertz CT molecular complexity index is 968. The molecular formula is C21H23BN4O2. The topological polar surface area (TPSA) is 79.3 Å². The van der Waals surface area contributed by atoms with E-state index >= 15 is 0 Å². The molecule has 0 radical (unpaired) electrons. The van der Waals surface area contributed by atoms with Gasteiger partial charge in [-0.15, -0.1) is 0 Å². The summed E-state index contributed by atoms with van der Waals surface area (Å²) in [6.45, 7) is 4.56. The van der Waals surface area contributed by atoms with Crippen LogP contribution >= 0.6 is 0 Å². The third kappa shape index (κ3) is 3.86. The quantitative estimate of drug-likeness (QED) is 0.575. The van der Waals surface area contributed by atoms with E-state index in [1.165, 1.54) is 5.56 Å². The number of hydrogen-bond acceptors (Lipinski definition) is 6. The molecule has 28 heavy (non-hydrogen) atoms. The fourth-order valence-electron chi connectivity index (χ4n) is 3.36. The minimum atomic E-state index is -0.834. The zero-order chi connectivity index (χ0) is 19.5. The van der Waals surface area contributed by atoms with Crippen LogP contribution in [0.2, 0.25) is 0 Å². The fourth-order valence-corrected chi connectivity index (χ4v) is 3.36. The average Bonchev–Trinajstić information content (AvgIpc) is 3.09. The van der Waals surface area contributed by atoms with Crippen molar-refractivity contribution in [2.75, 3.05) is 10.6 Å². The van der Waals surface area contributed by atoms with E-state index in [-0.39, 0.29) is 6.04 Å². The monoisotopic (exact) mass is 374 g/mol. The third-order valence-electron chi connectivity index (χ3n) is 4.95. The fraction of sp³-hybridized carbons (Fsp3) is 0.238. The molecule has 3 N–H and O–H groups in total. The van der Waals surface area contributed by atoms with Crippen molar-refractivity contribution in [3.8, 4) is 0 Å². The Morgan fingerprint density at radius 2 is 2.04 bits per heavy atom. The minimum absolute atomic E-state index is 0.182. The second-order valence-corrected chi connectivity index (χ2v) is 6.94. The zero-order valence-corrected chi connectivity index (χ0v) is 16.0. The van der Waals surface area contributed by atoms with Gasteiger partial charge in [0.1, 0.15) is 5.82 Å². The normalized spacial score (nSPS) is 13.9. The Morgan fingerprint density at radius 3 is 2.82 bits per heavy atom. The number of aromatic nitrogens is 2. The van der Waals surface area contributed by atoms with Gasteiger partial charge in [-0.05, 0) is 42.1 Å². The molecule has 1 aliphatic rings. The molecule has 4 rings (SSSR count). The zero-order valence-electron chi connectivity index (χ0n) is 16.0. The molecule has 1 unspecified atom stereocenters. The predicted octanol–water partition coefficient (Wildman–Crippen LogP) is 3.31. The van der Waals surface area contributed by atoms with Gasteiger partial charge in [-0.25, -0.2) is 4.98 Å². The van der Waals surface area contributed by atoms with Crippen LogP contribution in [0.1, 0.15) is 36.1 Å². The summed E-state index contributed by atoms with van der Waals surface area (Å²) >= 11 is 0. The van der Waals surface area contributed by atoms with Crippen LogP contribution in [0.3, 0.4) is 0 Å². The summed E-state index contributed by atoms with van der Waals surface area (Å²) in [6, 6.07) is 16.3. The van der Waals surface area contributed by atoms with Gasteiger partial charge >= 0.3 is 7.12 Å². The molecule has 0 aliphatic carbocycles. The number of nitrogens with zero attached hydrogens (tertiary/aromatic N) is 2. The van der Waals surface area contributed by atoms with Crippen molar-refractivity contribution in [1.29, 1.82) is 0 Å². The molecule has 142 valence electrons. The lowest BCUT2D eigenvalue weighted by Crippen LogP contribution is -2.27. The summed E-state index contributed by atoms with van der Waals surface area (Å²) in [6.07, 6.45) is 2.76. The highest BCUT2D eigenvalue weighted by atomic mass is 16.5. The van der Waals surface area contributed by atoms with Crippen LogP contribution in [0.4, 0.5) is 17.5 Å². The number of fused-ring (bicyclic) bond motifs is 1. The number of aryl methyl sites for hydroxylation is 1. The Kier molecular flexibility index (Phi) is 5.28. The maximum absolute atomic E-state index is 9.75. The number of anilines is 3. The van der Waals surface area contributed by atoms with E-state index < -0.39 is 7.12 Å². The molecule has 0 fully saturated rings. The molecule has 6 nitrogen and oxygen atoms in total.